The molecule has 1 unspecified atom stereocenters. The van der Waals surface area contributed by atoms with E-state index in [4.69, 9.17) is 4.74 Å². The maximum atomic E-state index is 12.6. The van der Waals surface area contributed by atoms with Crippen molar-refractivity contribution < 1.29 is 14.3 Å². The van der Waals surface area contributed by atoms with Crippen molar-refractivity contribution in [3.63, 3.8) is 0 Å². The molecule has 4 rings (SSSR count). The van der Waals surface area contributed by atoms with E-state index in [1.54, 1.807) is 6.07 Å². The fourth-order valence-electron chi connectivity index (χ4n) is 4.06. The average molecular weight is 408 g/mol. The number of benzene rings is 2. The molecule has 1 fully saturated rings. The minimum absolute atomic E-state index is 0.0287. The van der Waals surface area contributed by atoms with Gasteiger partial charge in [0.1, 0.15) is 11.8 Å². The summed E-state index contributed by atoms with van der Waals surface area (Å²) in [5, 5.41) is 5.94. The van der Waals surface area contributed by atoms with Gasteiger partial charge < -0.3 is 20.3 Å². The van der Waals surface area contributed by atoms with Gasteiger partial charge in [0, 0.05) is 18.7 Å². The normalized spacial score (nSPS) is 17.6. The second-order valence-electron chi connectivity index (χ2n) is 7.95. The lowest BCUT2D eigenvalue weighted by Crippen LogP contribution is -2.50. The molecular weight excluding hydrogens is 378 g/mol. The van der Waals surface area contributed by atoms with Gasteiger partial charge in [-0.05, 0) is 61.6 Å². The molecule has 0 aromatic heterocycles. The maximum Gasteiger partial charge on any atom is 0.251 e. The molecule has 2 amide bonds. The third-order valence-electron chi connectivity index (χ3n) is 5.77. The predicted molar refractivity (Wildman–Crippen MR) is 118 cm³/mol. The molecule has 30 heavy (non-hydrogen) atoms. The molecule has 2 aliphatic rings. The summed E-state index contributed by atoms with van der Waals surface area (Å²) in [7, 11) is 0. The van der Waals surface area contributed by atoms with Crippen LogP contribution >= 0.6 is 0 Å². The van der Waals surface area contributed by atoms with Gasteiger partial charge in [-0.2, -0.15) is 0 Å². The standard InChI is InChI=1S/C24H29N3O3/c1-2-3-14-30-19-10-7-17(8-11-19)16-25-23(28)18-9-12-21-20(15-18)26-24(29)22-6-4-5-13-27(21)22/h7-12,15,22H,2-6,13-14,16H2,1H3,(H,25,28)(H,26,29). The fourth-order valence-corrected chi connectivity index (χ4v) is 4.06. The van der Waals surface area contributed by atoms with Crippen LogP contribution < -0.4 is 20.3 Å². The first-order valence-electron chi connectivity index (χ1n) is 10.9. The highest BCUT2D eigenvalue weighted by Crippen LogP contribution is 2.36. The second kappa shape index (κ2) is 9.20. The van der Waals surface area contributed by atoms with Crippen molar-refractivity contribution in [3.05, 3.63) is 53.6 Å². The van der Waals surface area contributed by atoms with Crippen LogP contribution in [0.25, 0.3) is 0 Å². The molecule has 6 nitrogen and oxygen atoms in total. The number of piperidine rings is 1. The van der Waals surface area contributed by atoms with Gasteiger partial charge in [0.05, 0.1) is 18.0 Å². The molecule has 1 atom stereocenters. The van der Waals surface area contributed by atoms with Crippen LogP contribution in [0.4, 0.5) is 11.4 Å². The minimum Gasteiger partial charge on any atom is -0.494 e. The number of nitrogens with zero attached hydrogens (tertiary/aromatic N) is 1. The minimum atomic E-state index is -0.156. The Morgan fingerprint density at radius 3 is 2.83 bits per heavy atom. The first-order chi connectivity index (χ1) is 14.7. The summed E-state index contributed by atoms with van der Waals surface area (Å²) in [6.07, 6.45) is 5.20. The van der Waals surface area contributed by atoms with E-state index in [1.165, 1.54) is 0 Å². The highest BCUT2D eigenvalue weighted by Gasteiger charge is 2.34. The van der Waals surface area contributed by atoms with Gasteiger partial charge in [0.15, 0.2) is 0 Å². The predicted octanol–water partition coefficient (Wildman–Crippen LogP) is 4.11. The highest BCUT2D eigenvalue weighted by molar-refractivity contribution is 6.05. The summed E-state index contributed by atoms with van der Waals surface area (Å²) in [4.78, 5) is 27.2. The molecule has 2 aliphatic heterocycles. The lowest BCUT2D eigenvalue weighted by Gasteiger charge is -2.41. The zero-order chi connectivity index (χ0) is 20.9. The molecule has 1 saturated heterocycles. The lowest BCUT2D eigenvalue weighted by molar-refractivity contribution is -0.118. The van der Waals surface area contributed by atoms with Crippen molar-refractivity contribution in [1.29, 1.82) is 0 Å². The van der Waals surface area contributed by atoms with Crippen molar-refractivity contribution in [1.82, 2.24) is 5.32 Å². The van der Waals surface area contributed by atoms with E-state index >= 15 is 0 Å². The summed E-state index contributed by atoms with van der Waals surface area (Å²) < 4.78 is 5.67. The summed E-state index contributed by atoms with van der Waals surface area (Å²) in [5.41, 5.74) is 3.28. The van der Waals surface area contributed by atoms with Gasteiger partial charge in [-0.1, -0.05) is 25.5 Å². The Morgan fingerprint density at radius 2 is 2.03 bits per heavy atom. The number of unbranched alkanes of at least 4 members (excludes halogenated alkanes) is 1. The zero-order valence-corrected chi connectivity index (χ0v) is 17.4. The van der Waals surface area contributed by atoms with E-state index in [0.717, 1.165) is 67.9 Å². The zero-order valence-electron chi connectivity index (χ0n) is 17.4. The van der Waals surface area contributed by atoms with Crippen LogP contribution in [-0.4, -0.2) is 31.0 Å². The van der Waals surface area contributed by atoms with E-state index in [-0.39, 0.29) is 17.9 Å². The lowest BCUT2D eigenvalue weighted by atomic mass is 9.97. The van der Waals surface area contributed by atoms with Gasteiger partial charge in [-0.25, -0.2) is 0 Å². The van der Waals surface area contributed by atoms with Gasteiger partial charge in [0.2, 0.25) is 5.91 Å². The summed E-state index contributed by atoms with van der Waals surface area (Å²) >= 11 is 0. The molecule has 2 aromatic carbocycles. The number of anilines is 2. The Labute approximate surface area is 177 Å². The number of rotatable bonds is 7. The SMILES string of the molecule is CCCCOc1ccc(CNC(=O)c2ccc3c(c2)NC(=O)C2CCCCN32)cc1. The van der Waals surface area contributed by atoms with Crippen molar-refractivity contribution in [2.45, 2.75) is 51.6 Å². The van der Waals surface area contributed by atoms with Gasteiger partial charge in [-0.15, -0.1) is 0 Å². The van der Waals surface area contributed by atoms with Crippen LogP contribution in [0.3, 0.4) is 0 Å². The Morgan fingerprint density at radius 1 is 1.20 bits per heavy atom. The van der Waals surface area contributed by atoms with E-state index < -0.39 is 0 Å². The molecule has 0 spiro atoms. The highest BCUT2D eigenvalue weighted by atomic mass is 16.5. The molecule has 0 bridgehead atoms. The number of fused-ring (bicyclic) bond motifs is 3. The van der Waals surface area contributed by atoms with Gasteiger partial charge in [0.25, 0.3) is 5.91 Å². The smallest absolute Gasteiger partial charge is 0.251 e. The molecule has 2 aromatic rings. The monoisotopic (exact) mass is 407 g/mol. The van der Waals surface area contributed by atoms with Crippen molar-refractivity contribution >= 4 is 23.2 Å². The first-order valence-corrected chi connectivity index (χ1v) is 10.9. The number of carbonyl (C=O) groups excluding carboxylic acids is 2. The van der Waals surface area contributed by atoms with Crippen molar-refractivity contribution in [3.8, 4) is 5.75 Å². The average Bonchev–Trinajstić information content (AvgIpc) is 2.78. The van der Waals surface area contributed by atoms with Crippen molar-refractivity contribution in [2.75, 3.05) is 23.4 Å². The van der Waals surface area contributed by atoms with E-state index in [9.17, 15) is 9.59 Å². The third kappa shape index (κ3) is 4.42. The Hall–Kier alpha value is -3.02. The Bertz CT molecular complexity index is 910. The molecule has 2 N–H and O–H groups in total. The fraction of sp³-hybridized carbons (Fsp3) is 0.417. The molecule has 6 heteroatoms. The Balaban J connectivity index is 1.37. The van der Waals surface area contributed by atoms with Gasteiger partial charge >= 0.3 is 0 Å². The van der Waals surface area contributed by atoms with Crippen LogP contribution in [-0.2, 0) is 11.3 Å². The van der Waals surface area contributed by atoms with E-state index in [2.05, 4.69) is 22.5 Å². The second-order valence-corrected chi connectivity index (χ2v) is 7.95. The van der Waals surface area contributed by atoms with Crippen molar-refractivity contribution in [2.24, 2.45) is 0 Å². The number of ether oxygens (including phenoxy) is 1. The first kappa shape index (κ1) is 20.3. The maximum absolute atomic E-state index is 12.6. The van der Waals surface area contributed by atoms with Crippen LogP contribution in [0.5, 0.6) is 5.75 Å². The van der Waals surface area contributed by atoms with Crippen LogP contribution in [0.15, 0.2) is 42.5 Å². The number of hydrogen-bond acceptors (Lipinski definition) is 4. The number of carbonyl (C=O) groups is 2. The Kier molecular flexibility index (Phi) is 6.21. The third-order valence-corrected chi connectivity index (χ3v) is 5.77. The molecule has 0 radical (unpaired) electrons. The van der Waals surface area contributed by atoms with E-state index in [0.29, 0.717) is 12.1 Å². The quantitative estimate of drug-likeness (QED) is 0.678. The van der Waals surface area contributed by atoms with E-state index in [1.807, 2.05) is 36.4 Å². The molecule has 0 saturated carbocycles. The molecular formula is C24H29N3O3. The number of nitrogens with one attached hydrogen (secondary N) is 2. The summed E-state index contributed by atoms with van der Waals surface area (Å²) in [6, 6.07) is 13.3. The molecule has 0 aliphatic carbocycles. The molecule has 2 heterocycles. The van der Waals surface area contributed by atoms with Crippen LogP contribution in [0, 0.1) is 0 Å². The van der Waals surface area contributed by atoms with Crippen LogP contribution in [0.1, 0.15) is 54.9 Å². The number of amides is 2. The molecule has 158 valence electrons. The van der Waals surface area contributed by atoms with Gasteiger partial charge in [-0.3, -0.25) is 9.59 Å². The summed E-state index contributed by atoms with van der Waals surface area (Å²) in [5.74, 6) is 0.720. The van der Waals surface area contributed by atoms with Crippen LogP contribution in [0.2, 0.25) is 0 Å². The number of hydrogen-bond donors (Lipinski definition) is 2. The topological polar surface area (TPSA) is 70.7 Å². The summed E-state index contributed by atoms with van der Waals surface area (Å²) in [6.45, 7) is 4.18. The largest absolute Gasteiger partial charge is 0.494 e.